The number of ketones is 1. The van der Waals surface area contributed by atoms with Crippen molar-refractivity contribution >= 4 is 5.78 Å². The summed E-state index contributed by atoms with van der Waals surface area (Å²) >= 11 is 0. The van der Waals surface area contributed by atoms with Gasteiger partial charge in [0.25, 0.3) is 0 Å². The zero-order valence-corrected chi connectivity index (χ0v) is 9.37. The van der Waals surface area contributed by atoms with Gasteiger partial charge in [0.2, 0.25) is 0 Å². The average molecular weight is 186 g/mol. The number of Topliss-reactive ketones (excluding diaryl/α,β-unsaturated/α-hetero) is 1. The minimum Gasteiger partial charge on any atom is -0.878 e. The largest absolute Gasteiger partial charge is 1.00 e. The van der Waals surface area contributed by atoms with E-state index in [1.807, 2.05) is 0 Å². The van der Waals surface area contributed by atoms with E-state index < -0.39 is 0 Å². The molecule has 1 aromatic rings. The van der Waals surface area contributed by atoms with Crippen LogP contribution in [0, 0.1) is 0 Å². The van der Waals surface area contributed by atoms with Gasteiger partial charge in [0.1, 0.15) is 5.76 Å². The van der Waals surface area contributed by atoms with Gasteiger partial charge in [0.15, 0.2) is 5.78 Å². The Labute approximate surface area is 97.7 Å². The van der Waals surface area contributed by atoms with Gasteiger partial charge in [0, 0.05) is 6.42 Å². The molecule has 1 heterocycles. The summed E-state index contributed by atoms with van der Waals surface area (Å²) in [5.74, 6) is 0.519. The summed E-state index contributed by atoms with van der Waals surface area (Å²) in [6.07, 6.45) is 3.28. The van der Waals surface area contributed by atoms with Crippen molar-refractivity contribution in [3.05, 3.63) is 35.5 Å². The average Bonchev–Trinajstić information content (AvgIpc) is 2.53. The third-order valence-electron chi connectivity index (χ3n) is 2.05. The van der Waals surface area contributed by atoms with Crippen LogP contribution in [0.25, 0.3) is 0 Å². The van der Waals surface area contributed by atoms with E-state index in [0.717, 1.165) is 0 Å². The molecular weight excluding hydrogens is 179 g/mol. The standard InChI is InChI=1S/C9H8O3.Na/c10-5-6-1-2-8-7(9(6)11)3-4-12-8;/h3-5,10H,1-2H2;/q;+1/p-1/b6-5-;. The first kappa shape index (κ1) is 10.6. The number of carbonyl (C=O) groups excluding carboxylic acids is 1. The molecule has 0 amide bonds. The fourth-order valence-electron chi connectivity index (χ4n) is 1.38. The van der Waals surface area contributed by atoms with E-state index in [1.165, 1.54) is 6.26 Å². The van der Waals surface area contributed by atoms with Gasteiger partial charge < -0.3 is 9.52 Å². The second-order valence-electron chi connectivity index (χ2n) is 2.73. The summed E-state index contributed by atoms with van der Waals surface area (Å²) in [5, 5.41) is 10.4. The maximum Gasteiger partial charge on any atom is 1.00 e. The Morgan fingerprint density at radius 3 is 2.92 bits per heavy atom. The van der Waals surface area contributed by atoms with Crippen molar-refractivity contribution in [3.8, 4) is 0 Å². The van der Waals surface area contributed by atoms with E-state index in [0.29, 0.717) is 36.0 Å². The predicted molar refractivity (Wildman–Crippen MR) is 39.4 cm³/mol. The van der Waals surface area contributed by atoms with Crippen LogP contribution in [0.2, 0.25) is 0 Å². The Kier molecular flexibility index (Phi) is 3.36. The van der Waals surface area contributed by atoms with E-state index in [9.17, 15) is 9.90 Å². The molecule has 1 aliphatic rings. The van der Waals surface area contributed by atoms with Crippen LogP contribution in [0.1, 0.15) is 22.5 Å². The third kappa shape index (κ3) is 1.73. The Bertz CT molecular complexity index is 351. The first-order valence-corrected chi connectivity index (χ1v) is 3.75. The van der Waals surface area contributed by atoms with Crippen molar-refractivity contribution in [2.45, 2.75) is 12.8 Å². The van der Waals surface area contributed by atoms with Crippen LogP contribution >= 0.6 is 0 Å². The molecule has 1 aliphatic carbocycles. The van der Waals surface area contributed by atoms with E-state index >= 15 is 0 Å². The van der Waals surface area contributed by atoms with Crippen LogP contribution in [0.3, 0.4) is 0 Å². The van der Waals surface area contributed by atoms with E-state index in [1.54, 1.807) is 6.07 Å². The Morgan fingerprint density at radius 1 is 1.46 bits per heavy atom. The van der Waals surface area contributed by atoms with Crippen LogP contribution in [0.4, 0.5) is 0 Å². The van der Waals surface area contributed by atoms with E-state index in [2.05, 4.69) is 0 Å². The summed E-state index contributed by atoms with van der Waals surface area (Å²) in [7, 11) is 0. The van der Waals surface area contributed by atoms with E-state index in [4.69, 9.17) is 4.42 Å². The molecule has 4 heteroatoms. The summed E-state index contributed by atoms with van der Waals surface area (Å²) < 4.78 is 5.07. The zero-order chi connectivity index (χ0) is 8.55. The maximum absolute atomic E-state index is 11.4. The fraction of sp³-hybridized carbons (Fsp3) is 0.222. The van der Waals surface area contributed by atoms with Gasteiger partial charge in [-0.3, -0.25) is 4.79 Å². The molecule has 0 spiro atoms. The molecule has 3 nitrogen and oxygen atoms in total. The van der Waals surface area contributed by atoms with Crippen molar-refractivity contribution in [1.82, 2.24) is 0 Å². The summed E-state index contributed by atoms with van der Waals surface area (Å²) in [6.45, 7) is 0. The molecular formula is C9H7NaO3. The van der Waals surface area contributed by atoms with Gasteiger partial charge in [0.05, 0.1) is 11.8 Å². The molecule has 0 aliphatic heterocycles. The number of aryl methyl sites for hydroxylation is 1. The summed E-state index contributed by atoms with van der Waals surface area (Å²) in [6, 6.07) is 1.61. The van der Waals surface area contributed by atoms with Gasteiger partial charge in [-0.05, 0) is 18.1 Å². The molecule has 0 radical (unpaired) electrons. The van der Waals surface area contributed by atoms with Crippen molar-refractivity contribution in [2.24, 2.45) is 0 Å². The van der Waals surface area contributed by atoms with E-state index in [-0.39, 0.29) is 35.3 Å². The molecule has 0 fully saturated rings. The summed E-state index contributed by atoms with van der Waals surface area (Å²) in [5.41, 5.74) is 0.896. The number of hydrogen-bond acceptors (Lipinski definition) is 3. The molecule has 0 atom stereocenters. The molecule has 2 rings (SSSR count). The Hall–Kier alpha value is -0.510. The number of rotatable bonds is 0. The first-order valence-electron chi connectivity index (χ1n) is 3.75. The molecule has 0 saturated carbocycles. The molecule has 13 heavy (non-hydrogen) atoms. The van der Waals surface area contributed by atoms with Gasteiger partial charge in [-0.25, -0.2) is 0 Å². The maximum atomic E-state index is 11.4. The number of fused-ring (bicyclic) bond motifs is 1. The van der Waals surface area contributed by atoms with Crippen molar-refractivity contribution in [3.63, 3.8) is 0 Å². The second kappa shape index (κ2) is 4.13. The molecule has 0 N–H and O–H groups in total. The predicted octanol–water partition coefficient (Wildman–Crippen LogP) is -2.34. The molecule has 0 bridgehead atoms. The summed E-state index contributed by atoms with van der Waals surface area (Å²) in [4.78, 5) is 11.4. The molecule has 0 unspecified atom stereocenters. The topological polar surface area (TPSA) is 53.3 Å². The third-order valence-corrected chi connectivity index (χ3v) is 2.05. The van der Waals surface area contributed by atoms with Crippen LogP contribution < -0.4 is 34.7 Å². The first-order chi connectivity index (χ1) is 5.83. The van der Waals surface area contributed by atoms with Crippen LogP contribution in [-0.4, -0.2) is 5.78 Å². The van der Waals surface area contributed by atoms with Crippen molar-refractivity contribution < 1.29 is 43.9 Å². The van der Waals surface area contributed by atoms with Gasteiger partial charge >= 0.3 is 29.6 Å². The number of hydrogen-bond donors (Lipinski definition) is 0. The van der Waals surface area contributed by atoms with Gasteiger partial charge in [-0.15, -0.1) is 6.26 Å². The SMILES string of the molecule is O=C1/C(=C\[O-])CCc2occc21.[Na+]. The minimum atomic E-state index is -0.181. The van der Waals surface area contributed by atoms with Crippen molar-refractivity contribution in [2.75, 3.05) is 0 Å². The normalized spacial score (nSPS) is 18.2. The Balaban J connectivity index is 0.000000845. The molecule has 1 aromatic heterocycles. The van der Waals surface area contributed by atoms with Crippen LogP contribution in [-0.2, 0) is 6.42 Å². The quantitative estimate of drug-likeness (QED) is 0.259. The minimum absolute atomic E-state index is 0. The number of carbonyl (C=O) groups is 1. The molecule has 0 saturated heterocycles. The smallest absolute Gasteiger partial charge is 0.878 e. The van der Waals surface area contributed by atoms with Crippen LogP contribution in [0.15, 0.2) is 28.6 Å². The Morgan fingerprint density at radius 2 is 2.23 bits per heavy atom. The second-order valence-corrected chi connectivity index (χ2v) is 2.73. The van der Waals surface area contributed by atoms with Gasteiger partial charge in [-0.1, -0.05) is 0 Å². The zero-order valence-electron chi connectivity index (χ0n) is 7.37. The fourth-order valence-corrected chi connectivity index (χ4v) is 1.38. The van der Waals surface area contributed by atoms with Gasteiger partial charge in [-0.2, -0.15) is 0 Å². The van der Waals surface area contributed by atoms with Crippen LogP contribution in [0.5, 0.6) is 0 Å². The number of furan rings is 1. The number of allylic oxidation sites excluding steroid dienone is 1. The molecule has 0 aromatic carbocycles. The molecule has 62 valence electrons. The monoisotopic (exact) mass is 186 g/mol. The van der Waals surface area contributed by atoms with Crippen molar-refractivity contribution in [1.29, 1.82) is 0 Å².